The van der Waals surface area contributed by atoms with Crippen molar-refractivity contribution in [1.82, 2.24) is 9.80 Å². The van der Waals surface area contributed by atoms with Crippen molar-refractivity contribution in [2.24, 2.45) is 0 Å². The molecule has 2 heterocycles. The molecule has 4 rings (SSSR count). The van der Waals surface area contributed by atoms with Gasteiger partial charge < -0.3 is 5.32 Å². The Morgan fingerprint density at radius 3 is 2.46 bits per heavy atom. The van der Waals surface area contributed by atoms with Crippen LogP contribution < -0.4 is 5.32 Å². The van der Waals surface area contributed by atoms with Gasteiger partial charge in [0.15, 0.2) is 0 Å². The van der Waals surface area contributed by atoms with E-state index >= 15 is 0 Å². The third kappa shape index (κ3) is 3.63. The Morgan fingerprint density at radius 2 is 1.62 bits per heavy atom. The molecule has 0 aromatic heterocycles. The average Bonchev–Trinajstić information content (AvgIpc) is 2.86. The Hall–Kier alpha value is -1.84. The first-order valence-electron chi connectivity index (χ1n) is 9.20. The highest BCUT2D eigenvalue weighted by atomic mass is 15.3. The number of benzene rings is 2. The first kappa shape index (κ1) is 15.7. The van der Waals surface area contributed by atoms with Gasteiger partial charge in [-0.05, 0) is 49.5 Å². The van der Waals surface area contributed by atoms with Gasteiger partial charge in [-0.15, -0.1) is 0 Å². The fourth-order valence-electron chi connectivity index (χ4n) is 4.04. The molecule has 0 saturated carbocycles. The van der Waals surface area contributed by atoms with Crippen LogP contribution in [0.3, 0.4) is 0 Å². The number of piperidine rings is 1. The number of nitrogens with zero attached hydrogens (tertiary/aromatic N) is 2. The number of likely N-dealkylation sites (tertiary alicyclic amines) is 1. The van der Waals surface area contributed by atoms with E-state index in [4.69, 9.17) is 0 Å². The van der Waals surface area contributed by atoms with Crippen LogP contribution in [0.5, 0.6) is 0 Å². The molecule has 0 spiro atoms. The van der Waals surface area contributed by atoms with E-state index in [-0.39, 0.29) is 0 Å². The second-order valence-electron chi connectivity index (χ2n) is 7.05. The molecule has 0 atom stereocenters. The van der Waals surface area contributed by atoms with E-state index in [9.17, 15) is 0 Å². The third-order valence-electron chi connectivity index (χ3n) is 5.48. The van der Waals surface area contributed by atoms with Crippen LogP contribution in [0.25, 0.3) is 0 Å². The predicted octanol–water partition coefficient (Wildman–Crippen LogP) is 3.58. The van der Waals surface area contributed by atoms with Crippen molar-refractivity contribution in [2.75, 3.05) is 31.6 Å². The Kier molecular flexibility index (Phi) is 4.81. The molecule has 24 heavy (non-hydrogen) atoms. The molecule has 0 bridgehead atoms. The first-order valence-corrected chi connectivity index (χ1v) is 9.20. The van der Waals surface area contributed by atoms with Crippen LogP contribution in [0.1, 0.15) is 24.0 Å². The third-order valence-corrected chi connectivity index (χ3v) is 5.48. The maximum Gasteiger partial charge on any atom is 0.0680 e. The lowest BCUT2D eigenvalue weighted by Gasteiger charge is -2.38. The lowest BCUT2D eigenvalue weighted by molar-refractivity contribution is 0.112. The van der Waals surface area contributed by atoms with Crippen molar-refractivity contribution in [3.05, 3.63) is 65.7 Å². The average molecular weight is 321 g/mol. The molecule has 1 fully saturated rings. The SMILES string of the molecule is c1ccc(CN2CCC(N3CCc4ccccc4NC3)CC2)cc1. The predicted molar refractivity (Wildman–Crippen MR) is 100 cm³/mol. The summed E-state index contributed by atoms with van der Waals surface area (Å²) in [7, 11) is 0. The maximum absolute atomic E-state index is 3.64. The lowest BCUT2D eigenvalue weighted by atomic mass is 10.0. The van der Waals surface area contributed by atoms with E-state index in [0.29, 0.717) is 0 Å². The quantitative estimate of drug-likeness (QED) is 0.932. The van der Waals surface area contributed by atoms with Crippen LogP contribution in [-0.2, 0) is 13.0 Å². The Morgan fingerprint density at radius 1 is 0.875 bits per heavy atom. The molecule has 2 aromatic carbocycles. The second-order valence-corrected chi connectivity index (χ2v) is 7.05. The standard InChI is InChI=1S/C21H27N3/c1-2-6-18(7-3-1)16-23-13-11-20(12-14-23)24-15-10-19-8-4-5-9-21(19)22-17-24/h1-9,20,22H,10-17H2. The van der Waals surface area contributed by atoms with Gasteiger partial charge in [-0.3, -0.25) is 9.80 Å². The monoisotopic (exact) mass is 321 g/mol. The molecule has 3 heteroatoms. The summed E-state index contributed by atoms with van der Waals surface area (Å²) >= 11 is 0. The molecule has 0 amide bonds. The van der Waals surface area contributed by atoms with Crippen molar-refractivity contribution in [3.63, 3.8) is 0 Å². The molecular weight excluding hydrogens is 294 g/mol. The molecule has 0 aliphatic carbocycles. The Balaban J connectivity index is 1.30. The van der Waals surface area contributed by atoms with Crippen molar-refractivity contribution in [2.45, 2.75) is 31.8 Å². The highest BCUT2D eigenvalue weighted by molar-refractivity contribution is 5.51. The van der Waals surface area contributed by atoms with Gasteiger partial charge in [0, 0.05) is 24.8 Å². The molecule has 1 saturated heterocycles. The number of para-hydroxylation sites is 1. The van der Waals surface area contributed by atoms with Crippen LogP contribution in [0.15, 0.2) is 54.6 Å². The van der Waals surface area contributed by atoms with Crippen molar-refractivity contribution >= 4 is 5.69 Å². The summed E-state index contributed by atoms with van der Waals surface area (Å²) in [5.41, 5.74) is 4.21. The highest BCUT2D eigenvalue weighted by Crippen LogP contribution is 2.23. The first-order chi connectivity index (χ1) is 11.9. The van der Waals surface area contributed by atoms with Crippen LogP contribution in [0, 0.1) is 0 Å². The zero-order valence-electron chi connectivity index (χ0n) is 14.3. The zero-order chi connectivity index (χ0) is 16.2. The highest BCUT2D eigenvalue weighted by Gasteiger charge is 2.25. The normalized spacial score (nSPS) is 20.2. The fourth-order valence-corrected chi connectivity index (χ4v) is 4.04. The number of fused-ring (bicyclic) bond motifs is 1. The number of hydrogen-bond acceptors (Lipinski definition) is 3. The van der Waals surface area contributed by atoms with E-state index in [1.807, 2.05) is 0 Å². The second kappa shape index (κ2) is 7.37. The van der Waals surface area contributed by atoms with Crippen molar-refractivity contribution in [1.29, 1.82) is 0 Å². The van der Waals surface area contributed by atoms with Crippen LogP contribution in [0.2, 0.25) is 0 Å². The van der Waals surface area contributed by atoms with Gasteiger partial charge in [-0.1, -0.05) is 48.5 Å². The minimum absolute atomic E-state index is 0.721. The number of nitrogens with one attached hydrogen (secondary N) is 1. The molecule has 3 nitrogen and oxygen atoms in total. The molecular formula is C21H27N3. The molecule has 2 aliphatic rings. The summed E-state index contributed by atoms with van der Waals surface area (Å²) in [4.78, 5) is 5.26. The van der Waals surface area contributed by atoms with Crippen LogP contribution in [-0.4, -0.2) is 42.1 Å². The minimum atomic E-state index is 0.721. The smallest absolute Gasteiger partial charge is 0.0680 e. The maximum atomic E-state index is 3.64. The van der Waals surface area contributed by atoms with Gasteiger partial charge in [0.2, 0.25) is 0 Å². The molecule has 2 aliphatic heterocycles. The van der Waals surface area contributed by atoms with Gasteiger partial charge in [-0.25, -0.2) is 0 Å². The molecule has 0 unspecified atom stereocenters. The van der Waals surface area contributed by atoms with Crippen molar-refractivity contribution < 1.29 is 0 Å². The topological polar surface area (TPSA) is 18.5 Å². The van der Waals surface area contributed by atoms with E-state index in [0.717, 1.165) is 25.7 Å². The Labute approximate surface area is 145 Å². The van der Waals surface area contributed by atoms with E-state index in [1.54, 1.807) is 0 Å². The van der Waals surface area contributed by atoms with Gasteiger partial charge in [0.05, 0.1) is 6.67 Å². The summed E-state index contributed by atoms with van der Waals surface area (Å²) < 4.78 is 0. The van der Waals surface area contributed by atoms with Gasteiger partial charge in [-0.2, -0.15) is 0 Å². The lowest BCUT2D eigenvalue weighted by Crippen LogP contribution is -2.46. The minimum Gasteiger partial charge on any atom is -0.372 e. The fraction of sp³-hybridized carbons (Fsp3) is 0.429. The summed E-state index contributed by atoms with van der Waals surface area (Å²) in [5.74, 6) is 0. The summed E-state index contributed by atoms with van der Waals surface area (Å²) in [5, 5.41) is 3.64. The van der Waals surface area contributed by atoms with E-state index in [2.05, 4.69) is 69.7 Å². The number of hydrogen-bond donors (Lipinski definition) is 1. The molecule has 126 valence electrons. The molecule has 0 radical (unpaired) electrons. The van der Waals surface area contributed by atoms with Gasteiger partial charge >= 0.3 is 0 Å². The molecule has 1 N–H and O–H groups in total. The summed E-state index contributed by atoms with van der Waals surface area (Å²) in [6.45, 7) is 5.68. The number of anilines is 1. The van der Waals surface area contributed by atoms with E-state index in [1.165, 1.54) is 49.3 Å². The van der Waals surface area contributed by atoms with Crippen LogP contribution >= 0.6 is 0 Å². The van der Waals surface area contributed by atoms with Gasteiger partial charge in [0.1, 0.15) is 0 Å². The number of rotatable bonds is 3. The van der Waals surface area contributed by atoms with Crippen LogP contribution in [0.4, 0.5) is 5.69 Å². The Bertz CT molecular complexity index is 620. The summed E-state index contributed by atoms with van der Waals surface area (Å²) in [6, 6.07) is 20.3. The van der Waals surface area contributed by atoms with Gasteiger partial charge in [0.25, 0.3) is 0 Å². The summed E-state index contributed by atoms with van der Waals surface area (Å²) in [6.07, 6.45) is 3.73. The zero-order valence-corrected chi connectivity index (χ0v) is 14.3. The molecule has 2 aromatic rings. The van der Waals surface area contributed by atoms with E-state index < -0.39 is 0 Å². The van der Waals surface area contributed by atoms with Crippen molar-refractivity contribution in [3.8, 4) is 0 Å². The largest absolute Gasteiger partial charge is 0.372 e.